The van der Waals surface area contributed by atoms with Crippen molar-refractivity contribution in [2.24, 2.45) is 0 Å². The summed E-state index contributed by atoms with van der Waals surface area (Å²) in [5.41, 5.74) is -0.881. The third-order valence-electron chi connectivity index (χ3n) is 3.19. The van der Waals surface area contributed by atoms with E-state index in [1.807, 2.05) is 6.92 Å². The van der Waals surface area contributed by atoms with Crippen LogP contribution in [0.5, 0.6) is 0 Å². The molecule has 1 aromatic heterocycles. The van der Waals surface area contributed by atoms with Crippen LogP contribution in [0, 0.1) is 0 Å². The van der Waals surface area contributed by atoms with Gasteiger partial charge in [0.1, 0.15) is 10.6 Å². The van der Waals surface area contributed by atoms with Gasteiger partial charge in [-0.15, -0.1) is 0 Å². The van der Waals surface area contributed by atoms with Gasteiger partial charge >= 0.3 is 0 Å². The Kier molecular flexibility index (Phi) is 3.89. The fourth-order valence-electron chi connectivity index (χ4n) is 1.85. The van der Waals surface area contributed by atoms with Crippen molar-refractivity contribution in [3.63, 3.8) is 0 Å². The average molecular weight is 273 g/mol. The van der Waals surface area contributed by atoms with E-state index in [0.717, 1.165) is 0 Å². The van der Waals surface area contributed by atoms with Crippen molar-refractivity contribution in [1.82, 2.24) is 9.97 Å². The zero-order valence-corrected chi connectivity index (χ0v) is 11.2. The van der Waals surface area contributed by atoms with Crippen LogP contribution in [-0.2, 0) is 4.74 Å². The molecule has 0 bridgehead atoms. The van der Waals surface area contributed by atoms with Gasteiger partial charge in [0.05, 0.1) is 12.3 Å². The number of hydrogen-bond acceptors (Lipinski definition) is 6. The van der Waals surface area contributed by atoms with Crippen LogP contribution in [0.25, 0.3) is 0 Å². The zero-order valence-electron chi connectivity index (χ0n) is 10.4. The third-order valence-corrected chi connectivity index (χ3v) is 3.47. The monoisotopic (exact) mass is 272 g/mol. The van der Waals surface area contributed by atoms with Gasteiger partial charge in [-0.05, 0) is 6.92 Å². The van der Waals surface area contributed by atoms with Crippen LogP contribution < -0.4 is 10.6 Å². The molecule has 1 aliphatic rings. The molecule has 2 atom stereocenters. The summed E-state index contributed by atoms with van der Waals surface area (Å²) in [5.74, 6) is 0.980. The lowest BCUT2D eigenvalue weighted by atomic mass is 9.97. The van der Waals surface area contributed by atoms with Crippen molar-refractivity contribution < 1.29 is 9.84 Å². The molecule has 1 aliphatic heterocycles. The molecule has 1 saturated heterocycles. The third kappa shape index (κ3) is 2.66. The van der Waals surface area contributed by atoms with Gasteiger partial charge in [-0.2, -0.15) is 4.98 Å². The zero-order chi connectivity index (χ0) is 13.2. The van der Waals surface area contributed by atoms with E-state index in [4.69, 9.17) is 16.3 Å². The molecule has 100 valence electrons. The lowest BCUT2D eigenvalue weighted by molar-refractivity contribution is -0.0176. The van der Waals surface area contributed by atoms with Crippen molar-refractivity contribution in [3.05, 3.63) is 11.2 Å². The molecule has 2 unspecified atom stereocenters. The predicted octanol–water partition coefficient (Wildman–Crippen LogP) is 1.12. The second-order valence-corrected chi connectivity index (χ2v) is 4.77. The fourth-order valence-corrected chi connectivity index (χ4v) is 2.01. The minimum atomic E-state index is -0.881. The Morgan fingerprint density at radius 2 is 2.44 bits per heavy atom. The number of hydrogen-bond donors (Lipinski definition) is 3. The van der Waals surface area contributed by atoms with Gasteiger partial charge in [-0.25, -0.2) is 4.98 Å². The normalized spacial score (nSPS) is 27.2. The molecule has 18 heavy (non-hydrogen) atoms. The van der Waals surface area contributed by atoms with E-state index in [9.17, 15) is 5.11 Å². The van der Waals surface area contributed by atoms with Gasteiger partial charge in [0.25, 0.3) is 0 Å². The van der Waals surface area contributed by atoms with Crippen molar-refractivity contribution in [3.8, 4) is 0 Å². The number of nitrogens with one attached hydrogen (secondary N) is 2. The highest BCUT2D eigenvalue weighted by molar-refractivity contribution is 6.32. The summed E-state index contributed by atoms with van der Waals surface area (Å²) >= 11 is 5.99. The number of rotatable bonds is 4. The summed E-state index contributed by atoms with van der Waals surface area (Å²) in [5, 5.41) is 16.6. The Labute approximate surface area is 111 Å². The second-order valence-electron chi connectivity index (χ2n) is 4.36. The van der Waals surface area contributed by atoms with Crippen LogP contribution >= 0.6 is 11.6 Å². The first-order valence-electron chi connectivity index (χ1n) is 5.83. The van der Waals surface area contributed by atoms with E-state index >= 15 is 0 Å². The van der Waals surface area contributed by atoms with Gasteiger partial charge in [0, 0.05) is 26.6 Å². The summed E-state index contributed by atoms with van der Waals surface area (Å²) in [4.78, 5) is 8.18. The van der Waals surface area contributed by atoms with Gasteiger partial charge < -0.3 is 20.5 Å². The SMILES string of the molecule is CNc1ncc(Cl)c(NCC2(O)CCOC2C)n1. The smallest absolute Gasteiger partial charge is 0.224 e. The molecule has 0 radical (unpaired) electrons. The number of halogens is 1. The fraction of sp³-hybridized carbons (Fsp3) is 0.636. The van der Waals surface area contributed by atoms with Crippen LogP contribution in [0.4, 0.5) is 11.8 Å². The molecule has 2 heterocycles. The van der Waals surface area contributed by atoms with Crippen molar-refractivity contribution >= 4 is 23.4 Å². The minimum Gasteiger partial charge on any atom is -0.385 e. The summed E-state index contributed by atoms with van der Waals surface area (Å²) < 4.78 is 5.36. The molecule has 0 saturated carbocycles. The Bertz CT molecular complexity index is 432. The molecule has 0 aromatic carbocycles. The van der Waals surface area contributed by atoms with Gasteiger partial charge in [-0.3, -0.25) is 0 Å². The summed E-state index contributed by atoms with van der Waals surface area (Å²) in [6.45, 7) is 2.77. The Morgan fingerprint density at radius 1 is 1.67 bits per heavy atom. The van der Waals surface area contributed by atoms with Gasteiger partial charge in [0.15, 0.2) is 5.82 Å². The van der Waals surface area contributed by atoms with E-state index in [1.165, 1.54) is 6.20 Å². The van der Waals surface area contributed by atoms with Crippen LogP contribution in [0.1, 0.15) is 13.3 Å². The van der Waals surface area contributed by atoms with Crippen molar-refractivity contribution in [2.75, 3.05) is 30.8 Å². The van der Waals surface area contributed by atoms with Crippen LogP contribution in [-0.4, -0.2) is 47.0 Å². The topological polar surface area (TPSA) is 79.3 Å². The first-order chi connectivity index (χ1) is 8.55. The molecule has 1 aromatic rings. The maximum absolute atomic E-state index is 10.3. The molecule has 0 aliphatic carbocycles. The molecule has 1 fully saturated rings. The number of aromatic nitrogens is 2. The average Bonchev–Trinajstić information content (AvgIpc) is 2.69. The number of ether oxygens (including phenoxy) is 1. The Balaban J connectivity index is 2.05. The highest BCUT2D eigenvalue weighted by atomic mass is 35.5. The molecule has 7 heteroatoms. The van der Waals surface area contributed by atoms with E-state index in [2.05, 4.69) is 20.6 Å². The lowest BCUT2D eigenvalue weighted by Crippen LogP contribution is -2.43. The lowest BCUT2D eigenvalue weighted by Gasteiger charge is -2.26. The van der Waals surface area contributed by atoms with Crippen LogP contribution in [0.3, 0.4) is 0 Å². The molecule has 2 rings (SSSR count). The van der Waals surface area contributed by atoms with Crippen LogP contribution in [0.15, 0.2) is 6.20 Å². The molecular weight excluding hydrogens is 256 g/mol. The van der Waals surface area contributed by atoms with Crippen molar-refractivity contribution in [1.29, 1.82) is 0 Å². The highest BCUT2D eigenvalue weighted by Crippen LogP contribution is 2.27. The number of aliphatic hydroxyl groups is 1. The maximum Gasteiger partial charge on any atom is 0.224 e. The van der Waals surface area contributed by atoms with E-state index < -0.39 is 5.60 Å². The Morgan fingerprint density at radius 3 is 3.06 bits per heavy atom. The molecule has 0 amide bonds. The van der Waals surface area contributed by atoms with E-state index in [0.29, 0.717) is 36.4 Å². The van der Waals surface area contributed by atoms with Gasteiger partial charge in [-0.1, -0.05) is 11.6 Å². The molecular formula is C11H17ClN4O2. The van der Waals surface area contributed by atoms with Crippen LogP contribution in [0.2, 0.25) is 5.02 Å². The number of anilines is 2. The molecule has 0 spiro atoms. The first-order valence-corrected chi connectivity index (χ1v) is 6.21. The standard InChI is InChI=1S/C11H17ClN4O2/c1-7-11(17,3-4-18-7)6-15-9-8(12)5-14-10(13-2)16-9/h5,7,17H,3-4,6H2,1-2H3,(H2,13,14,15,16). The van der Waals surface area contributed by atoms with E-state index in [-0.39, 0.29) is 6.10 Å². The Hall–Kier alpha value is -1.11. The minimum absolute atomic E-state index is 0.200. The second kappa shape index (κ2) is 5.26. The maximum atomic E-state index is 10.3. The summed E-state index contributed by atoms with van der Waals surface area (Å²) in [6, 6.07) is 0. The number of nitrogens with zero attached hydrogens (tertiary/aromatic N) is 2. The molecule has 6 nitrogen and oxygen atoms in total. The summed E-state index contributed by atoms with van der Waals surface area (Å²) in [7, 11) is 1.73. The van der Waals surface area contributed by atoms with Gasteiger partial charge in [0.2, 0.25) is 5.95 Å². The van der Waals surface area contributed by atoms with E-state index in [1.54, 1.807) is 7.05 Å². The quantitative estimate of drug-likeness (QED) is 0.762. The molecule has 3 N–H and O–H groups in total. The first kappa shape index (κ1) is 13.3. The van der Waals surface area contributed by atoms with Crippen molar-refractivity contribution in [2.45, 2.75) is 25.0 Å². The summed E-state index contributed by atoms with van der Waals surface area (Å²) in [6.07, 6.45) is 1.92. The predicted molar refractivity (Wildman–Crippen MR) is 70.1 cm³/mol. The highest BCUT2D eigenvalue weighted by Gasteiger charge is 2.39. The largest absolute Gasteiger partial charge is 0.385 e.